The maximum Gasteiger partial charge on any atom is 0.123 e. The lowest BCUT2D eigenvalue weighted by molar-refractivity contribution is 0.612. The predicted octanol–water partition coefficient (Wildman–Crippen LogP) is 3.53. The minimum atomic E-state index is -0.164. The van der Waals surface area contributed by atoms with Crippen LogP contribution in [0.2, 0.25) is 0 Å². The number of anilines is 1. The molecule has 1 saturated heterocycles. The Bertz CT molecular complexity index is 711. The van der Waals surface area contributed by atoms with Crippen molar-refractivity contribution in [3.63, 3.8) is 0 Å². The number of nitrogens with one attached hydrogen (secondary N) is 1. The van der Waals surface area contributed by atoms with E-state index < -0.39 is 0 Å². The Morgan fingerprint density at radius 3 is 2.91 bits per heavy atom. The first-order valence-electron chi connectivity index (χ1n) is 8.09. The van der Waals surface area contributed by atoms with Gasteiger partial charge in [0.15, 0.2) is 0 Å². The first kappa shape index (κ1) is 13.8. The van der Waals surface area contributed by atoms with E-state index in [0.29, 0.717) is 6.04 Å². The van der Waals surface area contributed by atoms with E-state index in [1.165, 1.54) is 23.2 Å². The summed E-state index contributed by atoms with van der Waals surface area (Å²) in [7, 11) is 0. The molecule has 0 amide bonds. The van der Waals surface area contributed by atoms with Crippen LogP contribution in [-0.2, 0) is 6.42 Å². The quantitative estimate of drug-likeness (QED) is 0.866. The molecule has 4 rings (SSSR count). The number of halogens is 1. The summed E-state index contributed by atoms with van der Waals surface area (Å²) in [5.41, 5.74) is 6.15. The number of fused-ring (bicyclic) bond motifs is 3. The SMILES string of the molecule is Cc1cc(F)ccc1-c1ccc2c(c1)CC1CCNCCN21. The van der Waals surface area contributed by atoms with Gasteiger partial charge in [0, 0.05) is 24.8 Å². The highest BCUT2D eigenvalue weighted by Gasteiger charge is 2.30. The largest absolute Gasteiger partial charge is 0.367 e. The van der Waals surface area contributed by atoms with Gasteiger partial charge in [-0.05, 0) is 72.8 Å². The Labute approximate surface area is 131 Å². The lowest BCUT2D eigenvalue weighted by Crippen LogP contribution is -2.32. The van der Waals surface area contributed by atoms with Crippen LogP contribution in [0.1, 0.15) is 17.5 Å². The topological polar surface area (TPSA) is 15.3 Å². The Kier molecular flexibility index (Phi) is 3.38. The van der Waals surface area contributed by atoms with Crippen molar-refractivity contribution >= 4 is 5.69 Å². The van der Waals surface area contributed by atoms with Gasteiger partial charge >= 0.3 is 0 Å². The highest BCUT2D eigenvalue weighted by molar-refractivity contribution is 5.73. The van der Waals surface area contributed by atoms with Crippen LogP contribution in [0.3, 0.4) is 0 Å². The van der Waals surface area contributed by atoms with Gasteiger partial charge in [-0.3, -0.25) is 0 Å². The molecule has 0 radical (unpaired) electrons. The maximum atomic E-state index is 13.3. The van der Waals surface area contributed by atoms with Crippen LogP contribution < -0.4 is 10.2 Å². The minimum Gasteiger partial charge on any atom is -0.367 e. The van der Waals surface area contributed by atoms with Crippen molar-refractivity contribution in [1.29, 1.82) is 0 Å². The summed E-state index contributed by atoms with van der Waals surface area (Å²) in [5, 5.41) is 3.48. The van der Waals surface area contributed by atoms with E-state index in [0.717, 1.165) is 37.2 Å². The molecular weight excluding hydrogens is 275 g/mol. The summed E-state index contributed by atoms with van der Waals surface area (Å²) < 4.78 is 13.3. The van der Waals surface area contributed by atoms with Crippen molar-refractivity contribution in [2.45, 2.75) is 25.8 Å². The van der Waals surface area contributed by atoms with Gasteiger partial charge in [-0.2, -0.15) is 0 Å². The third kappa shape index (κ3) is 2.30. The van der Waals surface area contributed by atoms with Gasteiger partial charge in [0.25, 0.3) is 0 Å². The van der Waals surface area contributed by atoms with E-state index in [-0.39, 0.29) is 5.82 Å². The van der Waals surface area contributed by atoms with E-state index in [1.54, 1.807) is 12.1 Å². The molecule has 2 aliphatic rings. The van der Waals surface area contributed by atoms with Crippen LogP contribution in [0, 0.1) is 12.7 Å². The summed E-state index contributed by atoms with van der Waals surface area (Å²) in [6.45, 7) is 5.24. The lowest BCUT2D eigenvalue weighted by Gasteiger charge is -2.24. The molecule has 0 aromatic heterocycles. The van der Waals surface area contributed by atoms with Gasteiger partial charge in [0.05, 0.1) is 0 Å². The second kappa shape index (κ2) is 5.40. The number of aryl methyl sites for hydroxylation is 1. The van der Waals surface area contributed by atoms with Crippen LogP contribution in [-0.4, -0.2) is 25.7 Å². The van der Waals surface area contributed by atoms with Crippen LogP contribution in [0.25, 0.3) is 11.1 Å². The smallest absolute Gasteiger partial charge is 0.123 e. The zero-order valence-corrected chi connectivity index (χ0v) is 12.9. The number of nitrogens with zero attached hydrogens (tertiary/aromatic N) is 1. The maximum absolute atomic E-state index is 13.3. The second-order valence-electron chi connectivity index (χ2n) is 6.39. The highest BCUT2D eigenvalue weighted by atomic mass is 19.1. The molecule has 2 aromatic rings. The third-order valence-electron chi connectivity index (χ3n) is 4.97. The summed E-state index contributed by atoms with van der Waals surface area (Å²) in [6.07, 6.45) is 2.34. The molecule has 0 bridgehead atoms. The van der Waals surface area contributed by atoms with Crippen molar-refractivity contribution in [2.75, 3.05) is 24.5 Å². The first-order valence-corrected chi connectivity index (χ1v) is 8.09. The van der Waals surface area contributed by atoms with Gasteiger partial charge < -0.3 is 10.2 Å². The number of hydrogen-bond donors (Lipinski definition) is 1. The molecule has 0 aliphatic carbocycles. The molecule has 2 nitrogen and oxygen atoms in total. The molecule has 1 N–H and O–H groups in total. The van der Waals surface area contributed by atoms with Gasteiger partial charge in [-0.25, -0.2) is 4.39 Å². The summed E-state index contributed by atoms with van der Waals surface area (Å²) in [5.74, 6) is -0.164. The van der Waals surface area contributed by atoms with E-state index in [2.05, 4.69) is 28.4 Å². The molecule has 0 spiro atoms. The number of hydrogen-bond acceptors (Lipinski definition) is 2. The molecule has 22 heavy (non-hydrogen) atoms. The van der Waals surface area contributed by atoms with E-state index >= 15 is 0 Å². The average Bonchev–Trinajstić information content (AvgIpc) is 2.68. The van der Waals surface area contributed by atoms with Crippen LogP contribution in [0.15, 0.2) is 36.4 Å². The first-order chi connectivity index (χ1) is 10.7. The normalized spacial score (nSPS) is 20.5. The fraction of sp³-hybridized carbons (Fsp3) is 0.368. The van der Waals surface area contributed by atoms with Gasteiger partial charge in [-0.15, -0.1) is 0 Å². The van der Waals surface area contributed by atoms with Gasteiger partial charge in [0.1, 0.15) is 5.82 Å². The Balaban J connectivity index is 1.71. The van der Waals surface area contributed by atoms with E-state index in [9.17, 15) is 4.39 Å². The average molecular weight is 296 g/mol. The molecule has 114 valence electrons. The van der Waals surface area contributed by atoms with Crippen molar-refractivity contribution in [3.05, 3.63) is 53.3 Å². The molecule has 1 fully saturated rings. The Morgan fingerprint density at radius 2 is 2.05 bits per heavy atom. The predicted molar refractivity (Wildman–Crippen MR) is 88.9 cm³/mol. The zero-order chi connectivity index (χ0) is 15.1. The molecule has 2 aliphatic heterocycles. The Hall–Kier alpha value is -1.87. The summed E-state index contributed by atoms with van der Waals surface area (Å²) in [6, 6.07) is 12.4. The molecule has 0 saturated carbocycles. The van der Waals surface area contributed by atoms with Crippen molar-refractivity contribution < 1.29 is 4.39 Å². The molecule has 2 heterocycles. The van der Waals surface area contributed by atoms with Crippen LogP contribution in [0.5, 0.6) is 0 Å². The minimum absolute atomic E-state index is 0.164. The van der Waals surface area contributed by atoms with E-state index in [4.69, 9.17) is 0 Å². The standard InChI is InChI=1S/C19H21FN2/c1-13-10-16(20)3-4-18(13)14-2-5-19-15(11-14)12-17-6-7-21-8-9-22(17)19/h2-5,10-11,17,21H,6-9,12H2,1H3. The van der Waals surface area contributed by atoms with Crippen molar-refractivity contribution in [3.8, 4) is 11.1 Å². The van der Waals surface area contributed by atoms with Crippen molar-refractivity contribution in [2.24, 2.45) is 0 Å². The molecule has 1 atom stereocenters. The van der Waals surface area contributed by atoms with Crippen LogP contribution in [0.4, 0.5) is 10.1 Å². The lowest BCUT2D eigenvalue weighted by atomic mass is 9.97. The monoisotopic (exact) mass is 296 g/mol. The van der Waals surface area contributed by atoms with Crippen molar-refractivity contribution in [1.82, 2.24) is 5.32 Å². The summed E-state index contributed by atoms with van der Waals surface area (Å²) in [4.78, 5) is 2.55. The van der Waals surface area contributed by atoms with Gasteiger partial charge in [0.2, 0.25) is 0 Å². The molecular formula is C19H21FN2. The fourth-order valence-corrected chi connectivity index (χ4v) is 3.86. The molecule has 3 heteroatoms. The Morgan fingerprint density at radius 1 is 1.14 bits per heavy atom. The highest BCUT2D eigenvalue weighted by Crippen LogP contribution is 2.37. The number of benzene rings is 2. The van der Waals surface area contributed by atoms with Crippen LogP contribution >= 0.6 is 0 Å². The second-order valence-corrected chi connectivity index (χ2v) is 6.39. The number of rotatable bonds is 1. The molecule has 2 aromatic carbocycles. The zero-order valence-electron chi connectivity index (χ0n) is 12.9. The molecule has 1 unspecified atom stereocenters. The summed E-state index contributed by atoms with van der Waals surface area (Å²) >= 11 is 0. The fourth-order valence-electron chi connectivity index (χ4n) is 3.86. The van der Waals surface area contributed by atoms with Gasteiger partial charge in [-0.1, -0.05) is 12.1 Å². The third-order valence-corrected chi connectivity index (χ3v) is 4.97. The van der Waals surface area contributed by atoms with E-state index in [1.807, 2.05) is 13.0 Å².